The SMILES string of the molecule is Cc1ccc2c(c1)C=C(C1CCC1)S2(Br)C(F)(F)F. The molecule has 0 bridgehead atoms. The van der Waals surface area contributed by atoms with Gasteiger partial charge >= 0.3 is 5.51 Å². The Labute approximate surface area is 119 Å². The van der Waals surface area contributed by atoms with Gasteiger partial charge in [-0.05, 0) is 71.6 Å². The van der Waals surface area contributed by atoms with Crippen LogP contribution in [0.2, 0.25) is 0 Å². The van der Waals surface area contributed by atoms with Crippen LogP contribution in [0.3, 0.4) is 0 Å². The minimum atomic E-state index is -4.23. The van der Waals surface area contributed by atoms with Gasteiger partial charge in [-0.2, -0.15) is 13.2 Å². The largest absolute Gasteiger partial charge is 0.442 e. The van der Waals surface area contributed by atoms with Crippen LogP contribution in [0.15, 0.2) is 28.0 Å². The third-order valence-electron chi connectivity index (χ3n) is 3.92. The first kappa shape index (κ1) is 13.6. The summed E-state index contributed by atoms with van der Waals surface area (Å²) in [4.78, 5) is 0.999. The zero-order valence-corrected chi connectivity index (χ0v) is 12.8. The zero-order chi connectivity index (χ0) is 13.8. The molecule has 0 aromatic heterocycles. The summed E-state index contributed by atoms with van der Waals surface area (Å²) in [5.41, 5.74) is -2.48. The second-order valence-electron chi connectivity index (χ2n) is 5.20. The van der Waals surface area contributed by atoms with Gasteiger partial charge in [-0.1, -0.05) is 24.1 Å². The lowest BCUT2D eigenvalue weighted by molar-refractivity contribution is -0.0358. The number of alkyl halides is 3. The summed E-state index contributed by atoms with van der Waals surface area (Å²) in [5, 5.41) is 0. The van der Waals surface area contributed by atoms with Gasteiger partial charge in [0.05, 0.1) is 0 Å². The first-order chi connectivity index (χ1) is 8.84. The summed E-state index contributed by atoms with van der Waals surface area (Å²) in [6, 6.07) is 5.27. The number of halogens is 4. The molecule has 2 aliphatic rings. The molecule has 1 aromatic carbocycles. The third kappa shape index (κ3) is 1.88. The van der Waals surface area contributed by atoms with Gasteiger partial charge in [0.15, 0.2) is 0 Å². The van der Waals surface area contributed by atoms with Crippen molar-refractivity contribution in [3.05, 3.63) is 34.2 Å². The predicted molar refractivity (Wildman–Crippen MR) is 77.3 cm³/mol. The molecule has 3 rings (SSSR count). The molecule has 1 aliphatic carbocycles. The highest BCUT2D eigenvalue weighted by molar-refractivity contribution is 9.59. The van der Waals surface area contributed by atoms with Crippen LogP contribution in [0, 0.1) is 12.8 Å². The molecular formula is C14H14BrF3S. The Hall–Kier alpha value is -0.420. The molecule has 0 nitrogen and oxygen atoms in total. The quantitative estimate of drug-likeness (QED) is 0.570. The zero-order valence-electron chi connectivity index (χ0n) is 10.4. The number of hydrogen-bond acceptors (Lipinski definition) is 0. The molecule has 1 aliphatic heterocycles. The van der Waals surface area contributed by atoms with Crippen LogP contribution in [0.4, 0.5) is 13.2 Å². The molecule has 0 amide bonds. The molecule has 0 N–H and O–H groups in total. The van der Waals surface area contributed by atoms with Gasteiger partial charge in [0, 0.05) is 4.90 Å². The molecular weight excluding hydrogens is 337 g/mol. The Morgan fingerprint density at radius 1 is 1.26 bits per heavy atom. The van der Waals surface area contributed by atoms with E-state index in [1.807, 2.05) is 13.0 Å². The average molecular weight is 351 g/mol. The Balaban J connectivity index is 2.17. The van der Waals surface area contributed by atoms with Crippen molar-refractivity contribution in [2.24, 2.45) is 5.92 Å². The molecule has 1 unspecified atom stereocenters. The van der Waals surface area contributed by atoms with Crippen molar-refractivity contribution in [3.8, 4) is 0 Å². The fourth-order valence-corrected chi connectivity index (χ4v) is 7.11. The molecule has 1 atom stereocenters. The number of allylic oxidation sites excluding steroid dienone is 1. The van der Waals surface area contributed by atoms with E-state index >= 15 is 0 Å². The molecule has 1 fully saturated rings. The third-order valence-corrected chi connectivity index (χ3v) is 9.90. The van der Waals surface area contributed by atoms with Gasteiger partial charge in [-0.15, -0.1) is 0 Å². The van der Waals surface area contributed by atoms with Crippen LogP contribution in [0.25, 0.3) is 6.08 Å². The van der Waals surface area contributed by atoms with E-state index in [1.165, 1.54) is 0 Å². The Morgan fingerprint density at radius 3 is 2.47 bits per heavy atom. The van der Waals surface area contributed by atoms with Crippen LogP contribution in [0.1, 0.15) is 30.4 Å². The molecule has 19 heavy (non-hydrogen) atoms. The summed E-state index contributed by atoms with van der Waals surface area (Å²) in [7, 11) is -3.02. The van der Waals surface area contributed by atoms with Crippen LogP contribution in [0.5, 0.6) is 0 Å². The van der Waals surface area contributed by atoms with Gasteiger partial charge in [0.25, 0.3) is 0 Å². The molecule has 0 radical (unpaired) electrons. The topological polar surface area (TPSA) is 0 Å². The van der Waals surface area contributed by atoms with Crippen LogP contribution < -0.4 is 0 Å². The van der Waals surface area contributed by atoms with Gasteiger partial charge in [0.1, 0.15) is 0 Å². The van der Waals surface area contributed by atoms with Crippen molar-refractivity contribution in [1.29, 1.82) is 0 Å². The second-order valence-corrected chi connectivity index (χ2v) is 10.6. The lowest BCUT2D eigenvalue weighted by Gasteiger charge is -2.41. The molecule has 0 saturated heterocycles. The maximum absolute atomic E-state index is 13.6. The van der Waals surface area contributed by atoms with E-state index in [2.05, 4.69) is 14.8 Å². The fraction of sp³-hybridized carbons (Fsp3) is 0.429. The van der Waals surface area contributed by atoms with E-state index < -0.39 is 14.0 Å². The van der Waals surface area contributed by atoms with Crippen molar-refractivity contribution < 1.29 is 13.2 Å². The second kappa shape index (κ2) is 4.29. The normalized spacial score (nSPS) is 30.3. The average Bonchev–Trinajstić information content (AvgIpc) is 2.50. The highest BCUT2D eigenvalue weighted by Crippen LogP contribution is 2.83. The van der Waals surface area contributed by atoms with Gasteiger partial charge in [0.2, 0.25) is 0 Å². The number of hydrogen-bond donors (Lipinski definition) is 0. The highest BCUT2D eigenvalue weighted by atomic mass is 79.9. The van der Waals surface area contributed by atoms with Crippen molar-refractivity contribution in [2.75, 3.05) is 0 Å². The van der Waals surface area contributed by atoms with Gasteiger partial charge in [-0.25, -0.2) is 0 Å². The molecule has 1 saturated carbocycles. The van der Waals surface area contributed by atoms with E-state index in [0.717, 1.165) is 30.4 Å². The summed E-state index contributed by atoms with van der Waals surface area (Å²) in [5.74, 6) is 0.101. The molecule has 104 valence electrons. The summed E-state index contributed by atoms with van der Waals surface area (Å²) < 4.78 is 40.9. The molecule has 1 aromatic rings. The van der Waals surface area contributed by atoms with Crippen LogP contribution >= 0.6 is 23.3 Å². The lowest BCUT2D eigenvalue weighted by Crippen LogP contribution is -2.22. The highest BCUT2D eigenvalue weighted by Gasteiger charge is 2.57. The van der Waals surface area contributed by atoms with E-state index in [4.69, 9.17) is 0 Å². The van der Waals surface area contributed by atoms with Crippen molar-refractivity contribution in [3.63, 3.8) is 0 Å². The van der Waals surface area contributed by atoms with Crippen LogP contribution in [-0.4, -0.2) is 5.51 Å². The summed E-state index contributed by atoms with van der Waals surface area (Å²) in [6.45, 7) is 1.91. The van der Waals surface area contributed by atoms with Crippen molar-refractivity contribution >= 4 is 29.4 Å². The first-order valence-corrected chi connectivity index (χ1v) is 9.73. The lowest BCUT2D eigenvalue weighted by atomic mass is 9.84. The summed E-state index contributed by atoms with van der Waals surface area (Å²) >= 11 is 3.12. The maximum Gasteiger partial charge on any atom is 0.442 e. The van der Waals surface area contributed by atoms with Crippen molar-refractivity contribution in [1.82, 2.24) is 0 Å². The minimum absolute atomic E-state index is 0.101. The molecule has 1 heterocycles. The molecule has 0 spiro atoms. The fourth-order valence-electron chi connectivity index (χ4n) is 2.70. The Kier molecular flexibility index (Phi) is 3.06. The van der Waals surface area contributed by atoms with Crippen LogP contribution in [-0.2, 0) is 0 Å². The number of rotatable bonds is 1. The molecule has 5 heteroatoms. The standard InChI is InChI=1S/C14H14BrF3S/c1-9-5-6-12-11(7-9)8-13(10-3-2-4-10)19(12,15)14(16,17)18/h5-8,10H,2-4H2,1H3. The maximum atomic E-state index is 13.6. The smallest absolute Gasteiger partial charge is 0.160 e. The van der Waals surface area contributed by atoms with E-state index in [1.54, 1.807) is 18.2 Å². The van der Waals surface area contributed by atoms with E-state index in [-0.39, 0.29) is 5.92 Å². The first-order valence-electron chi connectivity index (χ1n) is 6.25. The van der Waals surface area contributed by atoms with Gasteiger partial charge < -0.3 is 0 Å². The predicted octanol–water partition coefficient (Wildman–Crippen LogP) is 6.14. The van der Waals surface area contributed by atoms with E-state index in [0.29, 0.717) is 9.80 Å². The number of fused-ring (bicyclic) bond motifs is 1. The van der Waals surface area contributed by atoms with Gasteiger partial charge in [-0.3, -0.25) is 0 Å². The Morgan fingerprint density at radius 2 is 1.95 bits per heavy atom. The summed E-state index contributed by atoms with van der Waals surface area (Å²) in [6.07, 6.45) is 4.59. The Bertz CT molecular complexity index is 560. The number of aryl methyl sites for hydroxylation is 1. The monoisotopic (exact) mass is 350 g/mol. The van der Waals surface area contributed by atoms with Crippen molar-refractivity contribution in [2.45, 2.75) is 36.6 Å². The van der Waals surface area contributed by atoms with E-state index in [9.17, 15) is 13.2 Å². The minimum Gasteiger partial charge on any atom is -0.160 e. The number of benzene rings is 1.